The number of carbonyl (C=O) groups is 2. The molecule has 2 aliphatic rings. The fourth-order valence-electron chi connectivity index (χ4n) is 4.04. The van der Waals surface area contributed by atoms with Crippen molar-refractivity contribution in [3.05, 3.63) is 34.9 Å². The van der Waals surface area contributed by atoms with Gasteiger partial charge in [0.2, 0.25) is 11.8 Å². The summed E-state index contributed by atoms with van der Waals surface area (Å²) in [7, 11) is 0. The Hall–Kier alpha value is -1.55. The van der Waals surface area contributed by atoms with Crippen molar-refractivity contribution < 1.29 is 9.59 Å². The van der Waals surface area contributed by atoms with Crippen molar-refractivity contribution >= 4 is 23.4 Å². The molecule has 0 spiro atoms. The molecule has 2 fully saturated rings. The first kappa shape index (κ1) is 19.2. The molecule has 0 N–H and O–H groups in total. The second-order valence-electron chi connectivity index (χ2n) is 7.70. The molecule has 1 aromatic rings. The van der Waals surface area contributed by atoms with Crippen LogP contribution in [0.5, 0.6) is 0 Å². The van der Waals surface area contributed by atoms with Gasteiger partial charge in [0.05, 0.1) is 0 Å². The highest BCUT2D eigenvalue weighted by Gasteiger charge is 2.36. The van der Waals surface area contributed by atoms with E-state index in [1.807, 2.05) is 34.1 Å². The minimum atomic E-state index is -0.240. The van der Waals surface area contributed by atoms with Gasteiger partial charge in [-0.05, 0) is 56.1 Å². The largest absolute Gasteiger partial charge is 0.341 e. The molecule has 0 aromatic heterocycles. The maximum atomic E-state index is 12.9. The minimum Gasteiger partial charge on any atom is -0.341 e. The first-order valence-corrected chi connectivity index (χ1v) is 10.3. The molecule has 2 amide bonds. The molecule has 0 bridgehead atoms. The third kappa shape index (κ3) is 4.59. The van der Waals surface area contributed by atoms with Gasteiger partial charge in [0.15, 0.2) is 0 Å². The average molecular weight is 377 g/mol. The first-order valence-electron chi connectivity index (χ1n) is 9.88. The molecule has 3 rings (SSSR count). The second-order valence-corrected chi connectivity index (χ2v) is 8.11. The quantitative estimate of drug-likeness (QED) is 0.781. The van der Waals surface area contributed by atoms with Crippen LogP contribution in [-0.4, -0.2) is 47.3 Å². The topological polar surface area (TPSA) is 40.6 Å². The lowest BCUT2D eigenvalue weighted by Crippen LogP contribution is -2.49. The highest BCUT2D eigenvalue weighted by atomic mass is 35.5. The van der Waals surface area contributed by atoms with Gasteiger partial charge in [0.1, 0.15) is 6.04 Å². The van der Waals surface area contributed by atoms with Gasteiger partial charge in [-0.25, -0.2) is 0 Å². The summed E-state index contributed by atoms with van der Waals surface area (Å²) in [5, 5.41) is 0.758. The van der Waals surface area contributed by atoms with Crippen LogP contribution in [0.4, 0.5) is 0 Å². The number of hydrogen-bond donors (Lipinski definition) is 0. The molecule has 1 atom stereocenters. The smallest absolute Gasteiger partial charge is 0.245 e. The Morgan fingerprint density at radius 2 is 1.85 bits per heavy atom. The van der Waals surface area contributed by atoms with Crippen molar-refractivity contribution in [1.82, 2.24) is 9.80 Å². The molecule has 1 unspecified atom stereocenters. The number of hydrogen-bond acceptors (Lipinski definition) is 2. The molecule has 5 heteroatoms. The van der Waals surface area contributed by atoms with Crippen molar-refractivity contribution in [3.63, 3.8) is 0 Å². The van der Waals surface area contributed by atoms with Crippen LogP contribution in [0.1, 0.15) is 51.0 Å². The van der Waals surface area contributed by atoms with Gasteiger partial charge in [-0.15, -0.1) is 0 Å². The van der Waals surface area contributed by atoms with Crippen LogP contribution in [-0.2, 0) is 16.0 Å². The number of piperidine rings is 1. The zero-order valence-electron chi connectivity index (χ0n) is 15.6. The zero-order valence-corrected chi connectivity index (χ0v) is 16.4. The Bertz CT molecular complexity index is 641. The van der Waals surface area contributed by atoms with Crippen LogP contribution in [0.15, 0.2) is 24.3 Å². The lowest BCUT2D eigenvalue weighted by molar-refractivity contribution is -0.144. The van der Waals surface area contributed by atoms with E-state index in [4.69, 9.17) is 11.6 Å². The lowest BCUT2D eigenvalue weighted by Gasteiger charge is -2.34. The van der Waals surface area contributed by atoms with E-state index < -0.39 is 0 Å². The van der Waals surface area contributed by atoms with E-state index in [9.17, 15) is 9.59 Å². The third-order valence-corrected chi connectivity index (χ3v) is 6.12. The summed E-state index contributed by atoms with van der Waals surface area (Å²) >= 11 is 6.18. The van der Waals surface area contributed by atoms with E-state index in [0.717, 1.165) is 62.2 Å². The van der Waals surface area contributed by atoms with Gasteiger partial charge in [0.25, 0.3) is 0 Å². The van der Waals surface area contributed by atoms with E-state index in [0.29, 0.717) is 18.9 Å². The third-order valence-electron chi connectivity index (χ3n) is 5.75. The Morgan fingerprint density at radius 3 is 2.58 bits per heavy atom. The summed E-state index contributed by atoms with van der Waals surface area (Å²) < 4.78 is 0. The molecule has 1 aromatic carbocycles. The maximum Gasteiger partial charge on any atom is 0.245 e. The van der Waals surface area contributed by atoms with Crippen LogP contribution >= 0.6 is 11.6 Å². The van der Waals surface area contributed by atoms with Gasteiger partial charge < -0.3 is 9.80 Å². The highest BCUT2D eigenvalue weighted by molar-refractivity contribution is 6.31. The summed E-state index contributed by atoms with van der Waals surface area (Å²) in [5.41, 5.74) is 1.08. The summed E-state index contributed by atoms with van der Waals surface area (Å²) in [6.07, 6.45) is 5.92. The van der Waals surface area contributed by atoms with Crippen molar-refractivity contribution in [2.75, 3.05) is 19.6 Å². The number of halogens is 1. The van der Waals surface area contributed by atoms with E-state index in [-0.39, 0.29) is 17.9 Å². The van der Waals surface area contributed by atoms with E-state index in [1.54, 1.807) is 0 Å². The van der Waals surface area contributed by atoms with Gasteiger partial charge in [-0.2, -0.15) is 0 Å². The minimum absolute atomic E-state index is 0.110. The van der Waals surface area contributed by atoms with E-state index in [2.05, 4.69) is 6.92 Å². The Balaban J connectivity index is 1.51. The maximum absolute atomic E-state index is 12.9. The molecule has 2 saturated heterocycles. The summed E-state index contributed by atoms with van der Waals surface area (Å²) in [5.74, 6) is 0.970. The van der Waals surface area contributed by atoms with Crippen LogP contribution in [0.3, 0.4) is 0 Å². The number of rotatable bonds is 5. The fourth-order valence-corrected chi connectivity index (χ4v) is 4.27. The van der Waals surface area contributed by atoms with Crippen LogP contribution in [0.2, 0.25) is 5.02 Å². The first-order chi connectivity index (χ1) is 12.6. The molecule has 2 heterocycles. The summed E-state index contributed by atoms with van der Waals surface area (Å²) in [4.78, 5) is 29.4. The SMILES string of the molecule is CC1CCN(C(=O)C2CCCN2C(=O)CCCc2ccccc2Cl)CC1. The van der Waals surface area contributed by atoms with Gasteiger partial charge in [-0.1, -0.05) is 36.7 Å². The van der Waals surface area contributed by atoms with Crippen LogP contribution in [0.25, 0.3) is 0 Å². The predicted octanol–water partition coefficient (Wildman–Crippen LogP) is 3.91. The number of carbonyl (C=O) groups excluding carboxylic acids is 2. The Labute approximate surface area is 161 Å². The van der Waals surface area contributed by atoms with Crippen molar-refractivity contribution in [2.45, 2.75) is 57.9 Å². The molecule has 26 heavy (non-hydrogen) atoms. The monoisotopic (exact) mass is 376 g/mol. The van der Waals surface area contributed by atoms with E-state index >= 15 is 0 Å². The Morgan fingerprint density at radius 1 is 1.12 bits per heavy atom. The van der Waals surface area contributed by atoms with E-state index in [1.165, 1.54) is 0 Å². The lowest BCUT2D eigenvalue weighted by atomic mass is 9.98. The molecule has 0 aliphatic carbocycles. The predicted molar refractivity (Wildman–Crippen MR) is 104 cm³/mol. The summed E-state index contributed by atoms with van der Waals surface area (Å²) in [6.45, 7) is 4.63. The fraction of sp³-hybridized carbons (Fsp3) is 0.619. The molecule has 0 saturated carbocycles. The van der Waals surface area contributed by atoms with Gasteiger partial charge in [0, 0.05) is 31.1 Å². The zero-order chi connectivity index (χ0) is 18.5. The van der Waals surface area contributed by atoms with Gasteiger partial charge >= 0.3 is 0 Å². The number of nitrogens with zero attached hydrogens (tertiary/aromatic N) is 2. The number of amides is 2. The van der Waals surface area contributed by atoms with Crippen molar-refractivity contribution in [2.24, 2.45) is 5.92 Å². The molecular formula is C21H29ClN2O2. The molecule has 142 valence electrons. The van der Waals surface area contributed by atoms with Crippen LogP contribution < -0.4 is 0 Å². The number of benzene rings is 1. The summed E-state index contributed by atoms with van der Waals surface area (Å²) in [6, 6.07) is 7.53. The normalized spacial score (nSPS) is 21.2. The molecule has 4 nitrogen and oxygen atoms in total. The number of likely N-dealkylation sites (tertiary alicyclic amines) is 2. The van der Waals surface area contributed by atoms with Crippen molar-refractivity contribution in [3.8, 4) is 0 Å². The molecule has 0 radical (unpaired) electrons. The van der Waals surface area contributed by atoms with Crippen LogP contribution in [0, 0.1) is 5.92 Å². The standard InChI is InChI=1S/C21H29ClN2O2/c1-16-11-14-23(15-12-16)21(26)19-9-5-13-24(19)20(25)10-4-7-17-6-2-3-8-18(17)22/h2-3,6,8,16,19H,4-5,7,9-15H2,1H3. The number of aryl methyl sites for hydroxylation is 1. The highest BCUT2D eigenvalue weighted by Crippen LogP contribution is 2.24. The Kier molecular flexibility index (Phi) is 6.58. The average Bonchev–Trinajstić information content (AvgIpc) is 3.13. The van der Waals surface area contributed by atoms with Gasteiger partial charge in [-0.3, -0.25) is 9.59 Å². The molecular weight excluding hydrogens is 348 g/mol. The van der Waals surface area contributed by atoms with Crippen molar-refractivity contribution in [1.29, 1.82) is 0 Å². The molecule has 2 aliphatic heterocycles. The second kappa shape index (κ2) is 8.90.